The first-order valence-corrected chi connectivity index (χ1v) is 4.26. The van der Waals surface area contributed by atoms with E-state index in [0.29, 0.717) is 6.42 Å². The largest absolute Gasteiger partial charge is 0.368 e. The van der Waals surface area contributed by atoms with E-state index < -0.39 is 17.4 Å². The van der Waals surface area contributed by atoms with E-state index in [0.717, 1.165) is 0 Å². The molecule has 4 nitrogen and oxygen atoms in total. The predicted molar refractivity (Wildman–Crippen MR) is 50.3 cm³/mol. The van der Waals surface area contributed by atoms with E-state index in [2.05, 4.69) is 6.07 Å². The first-order valence-electron chi connectivity index (χ1n) is 4.26. The molecular formula is C9H17N3O. The average Bonchev–Trinajstić information content (AvgIpc) is 2.02. The molecule has 0 aromatic heterocycles. The molecule has 0 radical (unpaired) electrons. The van der Waals surface area contributed by atoms with Gasteiger partial charge in [-0.2, -0.15) is 5.26 Å². The monoisotopic (exact) mass is 183 g/mol. The number of hydrogen-bond donors (Lipinski definition) is 2. The Balaban J connectivity index is 4.24. The lowest BCUT2D eigenvalue weighted by molar-refractivity contribution is -0.120. The van der Waals surface area contributed by atoms with Gasteiger partial charge in [0.1, 0.15) is 0 Å². The number of primary amides is 1. The van der Waals surface area contributed by atoms with Crippen molar-refractivity contribution in [1.29, 1.82) is 5.26 Å². The van der Waals surface area contributed by atoms with Crippen molar-refractivity contribution in [3.05, 3.63) is 0 Å². The number of carbonyl (C=O) groups excluding carboxylic acids is 1. The van der Waals surface area contributed by atoms with Gasteiger partial charge in [0.2, 0.25) is 5.91 Å². The second kappa shape index (κ2) is 4.24. The van der Waals surface area contributed by atoms with Crippen LogP contribution in [-0.2, 0) is 4.79 Å². The number of carbonyl (C=O) groups is 1. The van der Waals surface area contributed by atoms with Gasteiger partial charge in [0.05, 0.1) is 17.5 Å². The zero-order valence-electron chi connectivity index (χ0n) is 8.37. The van der Waals surface area contributed by atoms with Gasteiger partial charge in [0, 0.05) is 0 Å². The number of amides is 1. The Hall–Kier alpha value is -1.08. The molecule has 0 saturated carbocycles. The zero-order chi connectivity index (χ0) is 10.6. The van der Waals surface area contributed by atoms with Gasteiger partial charge in [-0.05, 0) is 26.2 Å². The molecule has 13 heavy (non-hydrogen) atoms. The minimum atomic E-state index is -0.660. The Morgan fingerprint density at radius 1 is 1.62 bits per heavy atom. The van der Waals surface area contributed by atoms with Crippen LogP contribution in [0.3, 0.4) is 0 Å². The van der Waals surface area contributed by atoms with E-state index in [1.165, 1.54) is 0 Å². The molecule has 0 aliphatic carbocycles. The van der Waals surface area contributed by atoms with Crippen molar-refractivity contribution in [2.45, 2.75) is 33.2 Å². The van der Waals surface area contributed by atoms with Crippen LogP contribution in [0.25, 0.3) is 0 Å². The molecule has 0 spiro atoms. The van der Waals surface area contributed by atoms with Crippen LogP contribution in [0.4, 0.5) is 0 Å². The van der Waals surface area contributed by atoms with Crippen LogP contribution in [0.15, 0.2) is 0 Å². The summed E-state index contributed by atoms with van der Waals surface area (Å²) in [4.78, 5) is 10.7. The van der Waals surface area contributed by atoms with Gasteiger partial charge >= 0.3 is 0 Å². The zero-order valence-corrected chi connectivity index (χ0v) is 8.37. The quantitative estimate of drug-likeness (QED) is 0.659. The molecule has 2 atom stereocenters. The smallest absolute Gasteiger partial charge is 0.234 e. The standard InChI is InChI=1S/C9H17N3O/c1-6(7(11)8(12)13)4-9(2,3)5-10/h6-7H,4,11H2,1-3H3,(H2,12,13). The second-order valence-electron chi connectivity index (χ2n) is 4.11. The Morgan fingerprint density at radius 3 is 2.38 bits per heavy atom. The lowest BCUT2D eigenvalue weighted by Gasteiger charge is -2.23. The maximum absolute atomic E-state index is 10.7. The summed E-state index contributed by atoms with van der Waals surface area (Å²) in [7, 11) is 0. The molecule has 0 aliphatic rings. The van der Waals surface area contributed by atoms with Crippen molar-refractivity contribution in [2.75, 3.05) is 0 Å². The van der Waals surface area contributed by atoms with E-state index in [1.54, 1.807) is 0 Å². The SMILES string of the molecule is CC(CC(C)(C)C#N)C(N)C(N)=O. The third-order valence-corrected chi connectivity index (χ3v) is 2.08. The van der Waals surface area contributed by atoms with Crippen LogP contribution < -0.4 is 11.5 Å². The summed E-state index contributed by atoms with van der Waals surface area (Å²) in [5.74, 6) is -0.576. The van der Waals surface area contributed by atoms with Gasteiger partial charge in [0.15, 0.2) is 0 Å². The normalized spacial score (nSPS) is 15.9. The Labute approximate surface area is 78.9 Å². The van der Waals surface area contributed by atoms with E-state index in [9.17, 15) is 4.79 Å². The van der Waals surface area contributed by atoms with Gasteiger partial charge in [0.25, 0.3) is 0 Å². The lowest BCUT2D eigenvalue weighted by atomic mass is 9.82. The van der Waals surface area contributed by atoms with Gasteiger partial charge in [-0.25, -0.2) is 0 Å². The maximum Gasteiger partial charge on any atom is 0.234 e. The molecule has 4 heteroatoms. The number of rotatable bonds is 4. The Morgan fingerprint density at radius 2 is 2.08 bits per heavy atom. The molecular weight excluding hydrogens is 166 g/mol. The predicted octanol–water partition coefficient (Wildman–Crippen LogP) is 0.375. The van der Waals surface area contributed by atoms with Crippen molar-refractivity contribution in [2.24, 2.45) is 22.8 Å². The highest BCUT2D eigenvalue weighted by atomic mass is 16.1. The molecule has 0 fully saturated rings. The summed E-state index contributed by atoms with van der Waals surface area (Å²) in [6.07, 6.45) is 0.577. The van der Waals surface area contributed by atoms with Crippen LogP contribution in [-0.4, -0.2) is 11.9 Å². The van der Waals surface area contributed by atoms with Crippen LogP contribution in [0.5, 0.6) is 0 Å². The lowest BCUT2D eigenvalue weighted by Crippen LogP contribution is -2.42. The van der Waals surface area contributed by atoms with Gasteiger partial charge < -0.3 is 11.5 Å². The number of nitrogens with zero attached hydrogens (tertiary/aromatic N) is 1. The molecule has 0 aromatic carbocycles. The highest BCUT2D eigenvalue weighted by molar-refractivity contribution is 5.79. The van der Waals surface area contributed by atoms with Crippen LogP contribution in [0.1, 0.15) is 27.2 Å². The molecule has 0 saturated heterocycles. The first-order chi connectivity index (χ1) is 5.80. The number of nitriles is 1. The molecule has 74 valence electrons. The summed E-state index contributed by atoms with van der Waals surface area (Å²) in [5.41, 5.74) is 10.1. The minimum Gasteiger partial charge on any atom is -0.368 e. The summed E-state index contributed by atoms with van der Waals surface area (Å²) >= 11 is 0. The fraction of sp³-hybridized carbons (Fsp3) is 0.778. The molecule has 4 N–H and O–H groups in total. The molecule has 0 aromatic rings. The van der Waals surface area contributed by atoms with Crippen molar-refractivity contribution in [1.82, 2.24) is 0 Å². The molecule has 0 rings (SSSR count). The highest BCUT2D eigenvalue weighted by Crippen LogP contribution is 2.25. The highest BCUT2D eigenvalue weighted by Gasteiger charge is 2.26. The van der Waals surface area contributed by atoms with Gasteiger partial charge in [-0.15, -0.1) is 0 Å². The Kier molecular flexibility index (Phi) is 3.89. The van der Waals surface area contributed by atoms with Crippen molar-refractivity contribution >= 4 is 5.91 Å². The third kappa shape index (κ3) is 3.90. The minimum absolute atomic E-state index is 0.0628. The Bertz CT molecular complexity index is 230. The van der Waals surface area contributed by atoms with E-state index in [1.807, 2.05) is 20.8 Å². The third-order valence-electron chi connectivity index (χ3n) is 2.08. The van der Waals surface area contributed by atoms with Crippen LogP contribution >= 0.6 is 0 Å². The fourth-order valence-electron chi connectivity index (χ4n) is 1.26. The van der Waals surface area contributed by atoms with Crippen molar-refractivity contribution < 1.29 is 4.79 Å². The van der Waals surface area contributed by atoms with E-state index in [-0.39, 0.29) is 5.92 Å². The molecule has 0 bridgehead atoms. The van der Waals surface area contributed by atoms with Gasteiger partial charge in [-0.1, -0.05) is 6.92 Å². The van der Waals surface area contributed by atoms with Crippen LogP contribution in [0.2, 0.25) is 0 Å². The summed E-state index contributed by atoms with van der Waals surface area (Å²) in [6.45, 7) is 5.46. The topological polar surface area (TPSA) is 92.9 Å². The molecule has 0 aliphatic heterocycles. The van der Waals surface area contributed by atoms with Crippen molar-refractivity contribution in [3.8, 4) is 6.07 Å². The summed E-state index contributed by atoms with van der Waals surface area (Å²) in [6, 6.07) is 1.50. The second-order valence-corrected chi connectivity index (χ2v) is 4.11. The number of hydrogen-bond acceptors (Lipinski definition) is 3. The van der Waals surface area contributed by atoms with Gasteiger partial charge in [-0.3, -0.25) is 4.79 Å². The van der Waals surface area contributed by atoms with Crippen molar-refractivity contribution in [3.63, 3.8) is 0 Å². The van der Waals surface area contributed by atoms with Crippen LogP contribution in [0, 0.1) is 22.7 Å². The van der Waals surface area contributed by atoms with E-state index in [4.69, 9.17) is 16.7 Å². The summed E-state index contributed by atoms with van der Waals surface area (Å²) < 4.78 is 0. The molecule has 0 heterocycles. The maximum atomic E-state index is 10.7. The number of nitrogens with two attached hydrogens (primary N) is 2. The average molecular weight is 183 g/mol. The van der Waals surface area contributed by atoms with E-state index >= 15 is 0 Å². The summed E-state index contributed by atoms with van der Waals surface area (Å²) in [5, 5.41) is 8.76. The molecule has 1 amide bonds. The fourth-order valence-corrected chi connectivity index (χ4v) is 1.26. The first kappa shape index (κ1) is 11.9. The molecule has 2 unspecified atom stereocenters.